The van der Waals surface area contributed by atoms with E-state index in [0.717, 1.165) is 5.69 Å². The molecule has 0 aliphatic carbocycles. The van der Waals surface area contributed by atoms with Crippen LogP contribution >= 0.6 is 0 Å². The molecule has 2 rings (SSSR count). The topological polar surface area (TPSA) is 116 Å². The normalized spacial score (nSPS) is 9.20. The maximum Gasteiger partial charge on any atom is 0.402 e. The molecule has 2 aromatic rings. The van der Waals surface area contributed by atoms with Crippen LogP contribution in [0.1, 0.15) is 5.56 Å². The van der Waals surface area contributed by atoms with Gasteiger partial charge in [0.15, 0.2) is 0 Å². The molecule has 0 spiro atoms. The van der Waals surface area contributed by atoms with E-state index in [9.17, 15) is 10.2 Å². The quantitative estimate of drug-likeness (QED) is 0.552. The Morgan fingerprint density at radius 2 is 1.70 bits per heavy atom. The summed E-state index contributed by atoms with van der Waals surface area (Å²) in [6.07, 6.45) is -1.33. The molecule has 0 fully saturated rings. The molecule has 2 aromatic carbocycles. The minimum absolute atomic E-state index is 0.155. The third-order valence-corrected chi connectivity index (χ3v) is 2.32. The Morgan fingerprint density at radius 3 is 2.30 bits per heavy atom. The van der Waals surface area contributed by atoms with Crippen LogP contribution < -0.4 is 11.1 Å². The van der Waals surface area contributed by atoms with E-state index in [1.165, 1.54) is 12.1 Å². The summed E-state index contributed by atoms with van der Waals surface area (Å²) in [4.78, 5) is 8.78. The lowest BCUT2D eigenvalue weighted by Crippen LogP contribution is -2.03. The number of carboxylic acid groups (broad SMARTS) is 1. The van der Waals surface area contributed by atoms with Gasteiger partial charge in [0.1, 0.15) is 11.5 Å². The summed E-state index contributed by atoms with van der Waals surface area (Å²) < 4.78 is 0. The summed E-state index contributed by atoms with van der Waals surface area (Å²) in [6.45, 7) is 0.476. The molecule has 0 bridgehead atoms. The molecule has 106 valence electrons. The molecule has 0 radical (unpaired) electrons. The van der Waals surface area contributed by atoms with Gasteiger partial charge in [-0.05, 0) is 30.3 Å². The highest BCUT2D eigenvalue weighted by atomic mass is 16.4. The number of amides is 1. The lowest BCUT2D eigenvalue weighted by molar-refractivity contribution is 0.205. The Bertz CT molecular complexity index is 554. The molecular weight excluding hydrogens is 260 g/mol. The van der Waals surface area contributed by atoms with E-state index in [0.29, 0.717) is 12.1 Å². The monoisotopic (exact) mass is 276 g/mol. The van der Waals surface area contributed by atoms with Crippen molar-refractivity contribution in [2.75, 3.05) is 5.32 Å². The molecule has 6 nitrogen and oxygen atoms in total. The summed E-state index contributed by atoms with van der Waals surface area (Å²) in [5.41, 5.74) is 5.68. The number of nitrogens with one attached hydrogen (secondary N) is 1. The first-order valence-electron chi connectivity index (χ1n) is 5.77. The fourth-order valence-corrected chi connectivity index (χ4v) is 1.47. The summed E-state index contributed by atoms with van der Waals surface area (Å²) >= 11 is 0. The largest absolute Gasteiger partial charge is 0.508 e. The first-order chi connectivity index (χ1) is 9.49. The summed E-state index contributed by atoms with van der Waals surface area (Å²) in [7, 11) is 0. The van der Waals surface area contributed by atoms with Crippen LogP contribution in [0.25, 0.3) is 0 Å². The summed E-state index contributed by atoms with van der Waals surface area (Å²) in [5, 5.41) is 29.2. The molecule has 6 N–H and O–H groups in total. The van der Waals surface area contributed by atoms with Crippen molar-refractivity contribution in [1.29, 1.82) is 0 Å². The molecule has 0 aromatic heterocycles. The average molecular weight is 276 g/mol. The van der Waals surface area contributed by atoms with Gasteiger partial charge in [-0.2, -0.15) is 0 Å². The van der Waals surface area contributed by atoms with Crippen molar-refractivity contribution in [3.63, 3.8) is 0 Å². The smallest absolute Gasteiger partial charge is 0.402 e. The predicted octanol–water partition coefficient (Wildman–Crippen LogP) is 2.33. The van der Waals surface area contributed by atoms with Gasteiger partial charge < -0.3 is 26.4 Å². The molecule has 0 aliphatic rings. The number of aromatic hydroxyl groups is 2. The number of hydrogen-bond acceptors (Lipinski definition) is 4. The van der Waals surface area contributed by atoms with Gasteiger partial charge >= 0.3 is 6.09 Å². The SMILES string of the molecule is NC(=O)O.Oc1ccc(O)c(CNc2ccccc2)c1. The molecule has 1 amide bonds. The standard InChI is InChI=1S/C13H13NO2.CH3NO2/c15-12-6-7-13(16)10(8-12)9-14-11-4-2-1-3-5-11;2-1(3)4/h1-8,14-16H,9H2;2H2,(H,3,4). The fourth-order valence-electron chi connectivity index (χ4n) is 1.47. The van der Waals surface area contributed by atoms with Crippen LogP contribution in [-0.4, -0.2) is 21.4 Å². The van der Waals surface area contributed by atoms with Crippen molar-refractivity contribution < 1.29 is 20.1 Å². The number of phenols is 2. The Morgan fingerprint density at radius 1 is 1.10 bits per heavy atom. The van der Waals surface area contributed by atoms with E-state index >= 15 is 0 Å². The van der Waals surface area contributed by atoms with Crippen LogP contribution in [0.15, 0.2) is 48.5 Å². The number of anilines is 1. The maximum atomic E-state index is 9.56. The van der Waals surface area contributed by atoms with Crippen LogP contribution in [0.2, 0.25) is 0 Å². The molecule has 0 atom stereocenters. The second kappa shape index (κ2) is 7.52. The van der Waals surface area contributed by atoms with Gasteiger partial charge in [-0.25, -0.2) is 4.79 Å². The molecule has 0 saturated carbocycles. The van der Waals surface area contributed by atoms with E-state index in [2.05, 4.69) is 11.1 Å². The number of para-hydroxylation sites is 1. The number of nitrogens with two attached hydrogens (primary N) is 1. The lowest BCUT2D eigenvalue weighted by atomic mass is 10.2. The highest BCUT2D eigenvalue weighted by molar-refractivity contribution is 5.61. The number of benzene rings is 2. The Balaban J connectivity index is 0.000000444. The second-order valence-electron chi connectivity index (χ2n) is 3.87. The molecule has 0 aliphatic heterocycles. The highest BCUT2D eigenvalue weighted by Gasteiger charge is 2.01. The van der Waals surface area contributed by atoms with Crippen LogP contribution in [0.3, 0.4) is 0 Å². The van der Waals surface area contributed by atoms with E-state index < -0.39 is 6.09 Å². The number of rotatable bonds is 3. The molecule has 6 heteroatoms. The molecule has 0 unspecified atom stereocenters. The van der Waals surface area contributed by atoms with E-state index in [1.807, 2.05) is 30.3 Å². The van der Waals surface area contributed by atoms with Gasteiger partial charge in [-0.1, -0.05) is 18.2 Å². The fraction of sp³-hybridized carbons (Fsp3) is 0.0714. The predicted molar refractivity (Wildman–Crippen MR) is 75.8 cm³/mol. The third-order valence-electron chi connectivity index (χ3n) is 2.32. The first-order valence-corrected chi connectivity index (χ1v) is 5.77. The van der Waals surface area contributed by atoms with Crippen LogP contribution in [0, 0.1) is 0 Å². The van der Waals surface area contributed by atoms with Gasteiger partial charge in [0.05, 0.1) is 0 Å². The van der Waals surface area contributed by atoms with Crippen LogP contribution in [0.5, 0.6) is 11.5 Å². The first kappa shape index (κ1) is 15.2. The molecule has 0 heterocycles. The summed E-state index contributed by atoms with van der Waals surface area (Å²) in [6, 6.07) is 14.2. The number of hydrogen-bond donors (Lipinski definition) is 5. The van der Waals surface area contributed by atoms with E-state index in [-0.39, 0.29) is 11.5 Å². The molecule has 0 saturated heterocycles. The zero-order valence-electron chi connectivity index (χ0n) is 10.7. The van der Waals surface area contributed by atoms with Gasteiger partial charge in [0.25, 0.3) is 0 Å². The zero-order chi connectivity index (χ0) is 15.0. The number of primary amides is 1. The van der Waals surface area contributed by atoms with Crippen molar-refractivity contribution in [3.8, 4) is 11.5 Å². The second-order valence-corrected chi connectivity index (χ2v) is 3.87. The third kappa shape index (κ3) is 5.63. The average Bonchev–Trinajstić information content (AvgIpc) is 2.40. The van der Waals surface area contributed by atoms with E-state index in [1.54, 1.807) is 6.07 Å². The van der Waals surface area contributed by atoms with Crippen LogP contribution in [0.4, 0.5) is 10.5 Å². The molecule has 20 heavy (non-hydrogen) atoms. The zero-order valence-corrected chi connectivity index (χ0v) is 10.7. The number of phenolic OH excluding ortho intramolecular Hbond substituents is 2. The van der Waals surface area contributed by atoms with Gasteiger partial charge in [-0.15, -0.1) is 0 Å². The van der Waals surface area contributed by atoms with Crippen LogP contribution in [-0.2, 0) is 6.54 Å². The van der Waals surface area contributed by atoms with Gasteiger partial charge in [0, 0.05) is 17.8 Å². The van der Waals surface area contributed by atoms with Gasteiger partial charge in [-0.3, -0.25) is 0 Å². The van der Waals surface area contributed by atoms with Crippen molar-refractivity contribution in [3.05, 3.63) is 54.1 Å². The lowest BCUT2D eigenvalue weighted by Gasteiger charge is -2.08. The minimum Gasteiger partial charge on any atom is -0.508 e. The van der Waals surface area contributed by atoms with E-state index in [4.69, 9.17) is 9.90 Å². The minimum atomic E-state index is -1.33. The van der Waals surface area contributed by atoms with Crippen molar-refractivity contribution >= 4 is 11.8 Å². The molecular formula is C14H16N2O4. The highest BCUT2D eigenvalue weighted by Crippen LogP contribution is 2.22. The van der Waals surface area contributed by atoms with Crippen molar-refractivity contribution in [1.82, 2.24) is 0 Å². The number of carbonyl (C=O) groups is 1. The Labute approximate surface area is 116 Å². The van der Waals surface area contributed by atoms with Crippen molar-refractivity contribution in [2.45, 2.75) is 6.54 Å². The maximum absolute atomic E-state index is 9.56. The Hall–Kier alpha value is -2.89. The Kier molecular flexibility index (Phi) is 5.71. The van der Waals surface area contributed by atoms with Crippen molar-refractivity contribution in [2.24, 2.45) is 5.73 Å². The summed E-state index contributed by atoms with van der Waals surface area (Å²) in [5.74, 6) is 0.337. The van der Waals surface area contributed by atoms with Gasteiger partial charge in [0.2, 0.25) is 0 Å².